The van der Waals surface area contributed by atoms with Gasteiger partial charge in [0.1, 0.15) is 5.75 Å². The number of hydrogen-bond acceptors (Lipinski definition) is 3. The molecule has 2 unspecified atom stereocenters. The summed E-state index contributed by atoms with van der Waals surface area (Å²) in [6.45, 7) is 2.12. The van der Waals surface area contributed by atoms with Crippen LogP contribution < -0.4 is 15.4 Å². The Morgan fingerprint density at radius 3 is 3.14 bits per heavy atom. The molecule has 14 heavy (non-hydrogen) atoms. The molecule has 0 spiro atoms. The first-order valence-electron chi connectivity index (χ1n) is 5.04. The first kappa shape index (κ1) is 8.12. The first-order chi connectivity index (χ1) is 6.90. The van der Waals surface area contributed by atoms with Crippen LogP contribution in [0.3, 0.4) is 0 Å². The van der Waals surface area contributed by atoms with Crippen LogP contribution in [0.4, 0.5) is 5.69 Å². The summed E-state index contributed by atoms with van der Waals surface area (Å²) in [6.07, 6.45) is 0. The maximum Gasteiger partial charge on any atom is 0.124 e. The molecule has 2 heterocycles. The standard InChI is InChI=1S/C11H14N2O/c1-14-10-4-2-3-8-11(10)7-5-12-6-9(7)13-8/h2-4,7,9,12-13H,5-6H2,1H3. The van der Waals surface area contributed by atoms with Crippen LogP contribution in [-0.4, -0.2) is 26.2 Å². The molecule has 3 nitrogen and oxygen atoms in total. The average molecular weight is 190 g/mol. The fraction of sp³-hybridized carbons (Fsp3) is 0.455. The molecule has 0 aromatic heterocycles. The third-order valence-corrected chi connectivity index (χ3v) is 3.21. The number of hydrogen-bond donors (Lipinski definition) is 2. The van der Waals surface area contributed by atoms with Gasteiger partial charge in [-0.05, 0) is 12.1 Å². The molecule has 0 saturated carbocycles. The zero-order valence-electron chi connectivity index (χ0n) is 8.21. The molecule has 2 atom stereocenters. The van der Waals surface area contributed by atoms with E-state index in [2.05, 4.69) is 16.7 Å². The molecule has 74 valence electrons. The van der Waals surface area contributed by atoms with Gasteiger partial charge >= 0.3 is 0 Å². The number of rotatable bonds is 1. The average Bonchev–Trinajstić information content (AvgIpc) is 2.75. The molecule has 2 aliphatic heterocycles. The molecular formula is C11H14N2O. The van der Waals surface area contributed by atoms with Crippen molar-refractivity contribution in [3.63, 3.8) is 0 Å². The lowest BCUT2D eigenvalue weighted by atomic mass is 9.97. The van der Waals surface area contributed by atoms with Crippen molar-refractivity contribution in [3.8, 4) is 5.75 Å². The normalized spacial score (nSPS) is 28.1. The van der Waals surface area contributed by atoms with Gasteiger partial charge < -0.3 is 15.4 Å². The molecule has 2 N–H and O–H groups in total. The highest BCUT2D eigenvalue weighted by Gasteiger charge is 2.37. The van der Waals surface area contributed by atoms with Gasteiger partial charge in [0.05, 0.1) is 7.11 Å². The van der Waals surface area contributed by atoms with Crippen LogP contribution in [0, 0.1) is 0 Å². The maximum absolute atomic E-state index is 5.40. The topological polar surface area (TPSA) is 33.3 Å². The van der Waals surface area contributed by atoms with Crippen molar-refractivity contribution < 1.29 is 4.74 Å². The van der Waals surface area contributed by atoms with Crippen molar-refractivity contribution in [2.45, 2.75) is 12.0 Å². The number of nitrogens with one attached hydrogen (secondary N) is 2. The van der Waals surface area contributed by atoms with Crippen molar-refractivity contribution in [1.29, 1.82) is 0 Å². The van der Waals surface area contributed by atoms with E-state index in [0.29, 0.717) is 12.0 Å². The number of benzene rings is 1. The monoisotopic (exact) mass is 190 g/mol. The number of methoxy groups -OCH3 is 1. The summed E-state index contributed by atoms with van der Waals surface area (Å²) in [5.74, 6) is 1.60. The molecule has 2 aliphatic rings. The Kier molecular flexibility index (Phi) is 1.67. The Balaban J connectivity index is 2.10. The van der Waals surface area contributed by atoms with Gasteiger partial charge in [-0.3, -0.25) is 0 Å². The van der Waals surface area contributed by atoms with Crippen molar-refractivity contribution in [2.24, 2.45) is 0 Å². The second-order valence-electron chi connectivity index (χ2n) is 3.94. The third kappa shape index (κ3) is 0.960. The fourth-order valence-electron chi connectivity index (χ4n) is 2.56. The van der Waals surface area contributed by atoms with Gasteiger partial charge in [0.15, 0.2) is 0 Å². The predicted octanol–water partition coefficient (Wildman–Crippen LogP) is 1.18. The van der Waals surface area contributed by atoms with E-state index in [4.69, 9.17) is 4.74 Å². The van der Waals surface area contributed by atoms with Gasteiger partial charge in [0.2, 0.25) is 0 Å². The molecule has 0 radical (unpaired) electrons. The van der Waals surface area contributed by atoms with Crippen LogP contribution in [0.1, 0.15) is 11.5 Å². The Bertz CT molecular complexity index is 364. The van der Waals surface area contributed by atoms with Crippen molar-refractivity contribution in [1.82, 2.24) is 5.32 Å². The highest BCUT2D eigenvalue weighted by atomic mass is 16.5. The summed E-state index contributed by atoms with van der Waals surface area (Å²) in [4.78, 5) is 0. The Hall–Kier alpha value is -1.22. The van der Waals surface area contributed by atoms with Crippen molar-refractivity contribution in [3.05, 3.63) is 23.8 Å². The Labute approximate surface area is 83.5 Å². The second-order valence-corrected chi connectivity index (χ2v) is 3.94. The van der Waals surface area contributed by atoms with Crippen LogP contribution in [0.5, 0.6) is 5.75 Å². The van der Waals surface area contributed by atoms with E-state index in [0.717, 1.165) is 18.8 Å². The quantitative estimate of drug-likeness (QED) is 0.697. The Morgan fingerprint density at radius 1 is 1.36 bits per heavy atom. The number of ether oxygens (including phenoxy) is 1. The highest BCUT2D eigenvalue weighted by Crippen LogP contribution is 2.42. The molecule has 1 aromatic carbocycles. The van der Waals surface area contributed by atoms with E-state index in [-0.39, 0.29) is 0 Å². The zero-order valence-corrected chi connectivity index (χ0v) is 8.21. The van der Waals surface area contributed by atoms with Gasteiger partial charge in [-0.2, -0.15) is 0 Å². The minimum absolute atomic E-state index is 0.557. The largest absolute Gasteiger partial charge is 0.496 e. The summed E-state index contributed by atoms with van der Waals surface area (Å²) in [5.41, 5.74) is 2.60. The van der Waals surface area contributed by atoms with E-state index in [1.165, 1.54) is 11.3 Å². The fourth-order valence-corrected chi connectivity index (χ4v) is 2.56. The molecule has 3 heteroatoms. The summed E-state index contributed by atoms with van der Waals surface area (Å²) >= 11 is 0. The molecule has 0 aliphatic carbocycles. The Morgan fingerprint density at radius 2 is 2.29 bits per heavy atom. The summed E-state index contributed by atoms with van der Waals surface area (Å²) in [5, 5.41) is 6.93. The minimum Gasteiger partial charge on any atom is -0.496 e. The molecule has 1 fully saturated rings. The van der Waals surface area contributed by atoms with E-state index >= 15 is 0 Å². The molecule has 1 saturated heterocycles. The molecule has 0 amide bonds. The van der Waals surface area contributed by atoms with Crippen molar-refractivity contribution >= 4 is 5.69 Å². The molecule has 1 aromatic rings. The SMILES string of the molecule is COc1cccc2c1C1CNCC1N2. The minimum atomic E-state index is 0.557. The van der Waals surface area contributed by atoms with E-state index in [1.54, 1.807) is 7.11 Å². The second kappa shape index (κ2) is 2.89. The van der Waals surface area contributed by atoms with E-state index in [9.17, 15) is 0 Å². The lowest BCUT2D eigenvalue weighted by Gasteiger charge is -2.10. The third-order valence-electron chi connectivity index (χ3n) is 3.21. The first-order valence-corrected chi connectivity index (χ1v) is 5.04. The van der Waals surface area contributed by atoms with Crippen molar-refractivity contribution in [2.75, 3.05) is 25.5 Å². The summed E-state index contributed by atoms with van der Waals surface area (Å²) < 4.78 is 5.40. The van der Waals surface area contributed by atoms with Crippen LogP contribution in [-0.2, 0) is 0 Å². The molecule has 3 rings (SSSR count). The summed E-state index contributed by atoms with van der Waals surface area (Å²) in [7, 11) is 1.74. The lowest BCUT2D eigenvalue weighted by molar-refractivity contribution is 0.407. The zero-order chi connectivity index (χ0) is 9.54. The van der Waals surface area contributed by atoms with Gasteiger partial charge in [0, 0.05) is 36.3 Å². The van der Waals surface area contributed by atoms with Crippen LogP contribution >= 0.6 is 0 Å². The maximum atomic E-state index is 5.40. The van der Waals surface area contributed by atoms with E-state index < -0.39 is 0 Å². The summed E-state index contributed by atoms with van der Waals surface area (Å²) in [6, 6.07) is 6.78. The van der Waals surface area contributed by atoms with Crippen LogP contribution in [0.25, 0.3) is 0 Å². The van der Waals surface area contributed by atoms with Crippen LogP contribution in [0.2, 0.25) is 0 Å². The lowest BCUT2D eigenvalue weighted by Crippen LogP contribution is -2.20. The van der Waals surface area contributed by atoms with Gasteiger partial charge in [0.25, 0.3) is 0 Å². The van der Waals surface area contributed by atoms with Crippen LogP contribution in [0.15, 0.2) is 18.2 Å². The number of anilines is 1. The molecule has 0 bridgehead atoms. The number of fused-ring (bicyclic) bond motifs is 3. The van der Waals surface area contributed by atoms with Gasteiger partial charge in [-0.1, -0.05) is 6.07 Å². The van der Waals surface area contributed by atoms with Gasteiger partial charge in [-0.15, -0.1) is 0 Å². The van der Waals surface area contributed by atoms with E-state index in [1.807, 2.05) is 12.1 Å². The highest BCUT2D eigenvalue weighted by molar-refractivity contribution is 5.65. The molecular weight excluding hydrogens is 176 g/mol. The predicted molar refractivity (Wildman–Crippen MR) is 56.0 cm³/mol. The smallest absolute Gasteiger partial charge is 0.124 e. The van der Waals surface area contributed by atoms with Gasteiger partial charge in [-0.25, -0.2) is 0 Å².